The molecule has 2 saturated heterocycles. The van der Waals surface area contributed by atoms with Crippen LogP contribution < -0.4 is 5.32 Å². The molecule has 0 spiro atoms. The minimum atomic E-state index is -2.85. The van der Waals surface area contributed by atoms with Gasteiger partial charge in [-0.25, -0.2) is 8.42 Å². The number of hydrogen-bond donors (Lipinski definition) is 1. The van der Waals surface area contributed by atoms with E-state index in [9.17, 15) is 13.2 Å². The number of hydrogen-bond acceptors (Lipinski definition) is 6. The van der Waals surface area contributed by atoms with Crippen LogP contribution in [0.25, 0.3) is 0 Å². The van der Waals surface area contributed by atoms with Crippen molar-refractivity contribution >= 4 is 15.7 Å². The summed E-state index contributed by atoms with van der Waals surface area (Å²) >= 11 is 0. The van der Waals surface area contributed by atoms with Crippen LogP contribution >= 0.6 is 0 Å². The predicted octanol–water partition coefficient (Wildman–Crippen LogP) is 1.31. The molecule has 1 atom stereocenters. The van der Waals surface area contributed by atoms with E-state index in [1.54, 1.807) is 0 Å². The molecule has 0 aliphatic carbocycles. The first-order valence-corrected chi connectivity index (χ1v) is 10.8. The number of piperidine rings is 1. The standard InChI is InChI=1S/C17H27N3O4S/c1-12(2)16-9-14(19-24-16)10-18-17(21)13-3-6-20(7-4-13)15-5-8-25(22,23)11-15/h9,12-13,15H,3-8,10-11H2,1-2H3,(H,18,21)/t15-/m0/s1. The number of sulfone groups is 1. The van der Waals surface area contributed by atoms with Crippen molar-refractivity contribution in [1.82, 2.24) is 15.4 Å². The topological polar surface area (TPSA) is 92.5 Å². The van der Waals surface area contributed by atoms with Crippen LogP contribution in [0.1, 0.15) is 50.5 Å². The summed E-state index contributed by atoms with van der Waals surface area (Å²) in [7, 11) is -2.85. The molecule has 1 aromatic heterocycles. The van der Waals surface area contributed by atoms with E-state index in [2.05, 4.69) is 15.4 Å². The lowest BCUT2D eigenvalue weighted by atomic mass is 9.94. The molecular formula is C17H27N3O4S. The molecule has 25 heavy (non-hydrogen) atoms. The van der Waals surface area contributed by atoms with E-state index in [0.29, 0.717) is 12.3 Å². The molecule has 3 rings (SSSR count). The lowest BCUT2D eigenvalue weighted by molar-refractivity contribution is -0.126. The highest BCUT2D eigenvalue weighted by Gasteiger charge is 2.35. The first-order chi connectivity index (χ1) is 11.8. The highest BCUT2D eigenvalue weighted by molar-refractivity contribution is 7.91. The monoisotopic (exact) mass is 369 g/mol. The molecule has 0 bridgehead atoms. The molecule has 0 saturated carbocycles. The summed E-state index contributed by atoms with van der Waals surface area (Å²) in [6.45, 7) is 6.04. The largest absolute Gasteiger partial charge is 0.361 e. The third kappa shape index (κ3) is 4.61. The molecule has 1 aromatic rings. The van der Waals surface area contributed by atoms with E-state index in [-0.39, 0.29) is 29.5 Å². The lowest BCUT2D eigenvalue weighted by Gasteiger charge is -2.34. The molecule has 1 amide bonds. The zero-order valence-corrected chi connectivity index (χ0v) is 15.7. The fourth-order valence-electron chi connectivity index (χ4n) is 3.60. The Morgan fingerprint density at radius 2 is 2.08 bits per heavy atom. The molecule has 0 radical (unpaired) electrons. The summed E-state index contributed by atoms with van der Waals surface area (Å²) in [5.41, 5.74) is 0.741. The second-order valence-corrected chi connectivity index (χ2v) is 9.69. The van der Waals surface area contributed by atoms with Crippen LogP contribution in [0.15, 0.2) is 10.6 Å². The van der Waals surface area contributed by atoms with E-state index in [0.717, 1.165) is 43.8 Å². The van der Waals surface area contributed by atoms with Crippen LogP contribution in [0.3, 0.4) is 0 Å². The number of likely N-dealkylation sites (tertiary alicyclic amines) is 1. The highest BCUT2D eigenvalue weighted by Crippen LogP contribution is 2.24. The van der Waals surface area contributed by atoms with Gasteiger partial charge in [0.15, 0.2) is 9.84 Å². The van der Waals surface area contributed by atoms with Crippen LogP contribution in [-0.4, -0.2) is 55.0 Å². The molecule has 0 unspecified atom stereocenters. The van der Waals surface area contributed by atoms with Gasteiger partial charge in [-0.05, 0) is 32.4 Å². The van der Waals surface area contributed by atoms with E-state index < -0.39 is 9.84 Å². The summed E-state index contributed by atoms with van der Waals surface area (Å²) in [5.74, 6) is 1.71. The van der Waals surface area contributed by atoms with E-state index in [1.165, 1.54) is 0 Å². The van der Waals surface area contributed by atoms with E-state index in [1.807, 2.05) is 19.9 Å². The highest BCUT2D eigenvalue weighted by atomic mass is 32.2. The average Bonchev–Trinajstić information content (AvgIpc) is 3.19. The molecule has 2 fully saturated rings. The maximum Gasteiger partial charge on any atom is 0.223 e. The first kappa shape index (κ1) is 18.4. The Kier molecular flexibility index (Phi) is 5.48. The number of carbonyl (C=O) groups excluding carboxylic acids is 1. The second-order valence-electron chi connectivity index (χ2n) is 7.46. The lowest BCUT2D eigenvalue weighted by Crippen LogP contribution is -2.45. The number of carbonyl (C=O) groups is 1. The van der Waals surface area contributed by atoms with Gasteiger partial charge in [0.25, 0.3) is 0 Å². The summed E-state index contributed by atoms with van der Waals surface area (Å²) in [6, 6.07) is 2.02. The van der Waals surface area contributed by atoms with Crippen molar-refractivity contribution in [2.24, 2.45) is 5.92 Å². The number of nitrogens with one attached hydrogen (secondary N) is 1. The molecule has 2 aliphatic heterocycles. The van der Waals surface area contributed by atoms with Crippen molar-refractivity contribution in [1.29, 1.82) is 0 Å². The number of aromatic nitrogens is 1. The Bertz CT molecular complexity index is 705. The van der Waals surface area contributed by atoms with E-state index >= 15 is 0 Å². The first-order valence-electron chi connectivity index (χ1n) is 9.02. The third-order valence-electron chi connectivity index (χ3n) is 5.22. The van der Waals surface area contributed by atoms with Crippen LogP contribution in [0.5, 0.6) is 0 Å². The Hall–Kier alpha value is -1.41. The summed E-state index contributed by atoms with van der Waals surface area (Å²) < 4.78 is 28.5. The second kappa shape index (κ2) is 7.45. The van der Waals surface area contributed by atoms with Crippen molar-refractivity contribution in [3.8, 4) is 0 Å². The van der Waals surface area contributed by atoms with Crippen molar-refractivity contribution in [3.05, 3.63) is 17.5 Å². The minimum absolute atomic E-state index is 0.00858. The van der Waals surface area contributed by atoms with Crippen LogP contribution in [0, 0.1) is 5.92 Å². The smallest absolute Gasteiger partial charge is 0.223 e. The van der Waals surface area contributed by atoms with Crippen LogP contribution in [0.4, 0.5) is 0 Å². The third-order valence-corrected chi connectivity index (χ3v) is 6.97. The number of nitrogens with zero attached hydrogens (tertiary/aromatic N) is 2. The number of amides is 1. The van der Waals surface area contributed by atoms with Crippen molar-refractivity contribution in [2.45, 2.75) is 51.6 Å². The summed E-state index contributed by atoms with van der Waals surface area (Å²) in [5, 5.41) is 6.92. The maximum absolute atomic E-state index is 12.4. The van der Waals surface area contributed by atoms with Gasteiger partial charge in [-0.3, -0.25) is 9.69 Å². The van der Waals surface area contributed by atoms with Crippen molar-refractivity contribution < 1.29 is 17.7 Å². The van der Waals surface area contributed by atoms with Gasteiger partial charge in [-0.1, -0.05) is 19.0 Å². The minimum Gasteiger partial charge on any atom is -0.361 e. The van der Waals surface area contributed by atoms with Gasteiger partial charge in [0, 0.05) is 23.9 Å². The van der Waals surface area contributed by atoms with Gasteiger partial charge in [0.05, 0.1) is 18.1 Å². The van der Waals surface area contributed by atoms with Crippen molar-refractivity contribution in [2.75, 3.05) is 24.6 Å². The average molecular weight is 369 g/mol. The van der Waals surface area contributed by atoms with Crippen LogP contribution in [0.2, 0.25) is 0 Å². The Morgan fingerprint density at radius 3 is 2.64 bits per heavy atom. The summed E-state index contributed by atoms with van der Waals surface area (Å²) in [4.78, 5) is 14.6. The maximum atomic E-state index is 12.4. The fourth-order valence-corrected chi connectivity index (χ4v) is 5.36. The molecule has 0 aromatic carbocycles. The molecule has 2 aliphatic rings. The molecule has 3 heterocycles. The van der Waals surface area contributed by atoms with Gasteiger partial charge >= 0.3 is 0 Å². The Labute approximate surface area is 149 Å². The quantitative estimate of drug-likeness (QED) is 0.841. The SMILES string of the molecule is CC(C)c1cc(CNC(=O)C2CCN([C@H]3CCS(=O)(=O)C3)CC2)no1. The zero-order valence-electron chi connectivity index (χ0n) is 14.9. The molecule has 8 heteroatoms. The van der Waals surface area contributed by atoms with Gasteiger partial charge in [0.1, 0.15) is 11.5 Å². The Morgan fingerprint density at radius 1 is 1.36 bits per heavy atom. The van der Waals surface area contributed by atoms with Crippen LogP contribution in [-0.2, 0) is 21.2 Å². The predicted molar refractivity (Wildman–Crippen MR) is 93.8 cm³/mol. The van der Waals surface area contributed by atoms with E-state index in [4.69, 9.17) is 4.52 Å². The van der Waals surface area contributed by atoms with Gasteiger partial charge in [-0.2, -0.15) is 0 Å². The fraction of sp³-hybridized carbons (Fsp3) is 0.765. The normalized spacial score (nSPS) is 24.7. The zero-order chi connectivity index (χ0) is 18.0. The molecule has 7 nitrogen and oxygen atoms in total. The van der Waals surface area contributed by atoms with Gasteiger partial charge < -0.3 is 9.84 Å². The molecule has 140 valence electrons. The molecule has 1 N–H and O–H groups in total. The number of rotatable bonds is 5. The summed E-state index contributed by atoms with van der Waals surface area (Å²) in [6.07, 6.45) is 2.28. The molecular weight excluding hydrogens is 342 g/mol. The van der Waals surface area contributed by atoms with Gasteiger partial charge in [0.2, 0.25) is 5.91 Å². The van der Waals surface area contributed by atoms with Gasteiger partial charge in [-0.15, -0.1) is 0 Å². The Balaban J connectivity index is 1.43. The van der Waals surface area contributed by atoms with Crippen molar-refractivity contribution in [3.63, 3.8) is 0 Å².